The molecule has 13 heavy (non-hydrogen) atoms. The van der Waals surface area contributed by atoms with Crippen molar-refractivity contribution in [2.45, 2.75) is 44.7 Å². The van der Waals surface area contributed by atoms with Crippen molar-refractivity contribution in [3.8, 4) is 0 Å². The molecule has 0 radical (unpaired) electrons. The monoisotopic (exact) mass is 186 g/mol. The first kappa shape index (κ1) is 8.97. The van der Waals surface area contributed by atoms with Crippen LogP contribution in [0.5, 0.6) is 0 Å². The van der Waals surface area contributed by atoms with Crippen LogP contribution in [-0.4, -0.2) is 29.1 Å². The van der Waals surface area contributed by atoms with Crippen LogP contribution in [-0.2, 0) is 14.3 Å². The van der Waals surface area contributed by atoms with Gasteiger partial charge >= 0.3 is 5.97 Å². The Bertz CT molecular complexity index is 240. The lowest BCUT2D eigenvalue weighted by Crippen LogP contribution is -2.48. The highest BCUT2D eigenvalue weighted by Gasteiger charge is 2.52. The second kappa shape index (κ2) is 2.69. The third-order valence-corrected chi connectivity index (χ3v) is 2.96. The summed E-state index contributed by atoms with van der Waals surface area (Å²) in [4.78, 5) is 11.0. The molecule has 2 heterocycles. The molecule has 0 amide bonds. The summed E-state index contributed by atoms with van der Waals surface area (Å²) >= 11 is 0. The first-order valence-corrected chi connectivity index (χ1v) is 4.59. The molecule has 0 bridgehead atoms. The average Bonchev–Trinajstić information content (AvgIpc) is 2.25. The lowest BCUT2D eigenvalue weighted by Gasteiger charge is -2.39. The number of carbonyl (C=O) groups is 1. The predicted molar refractivity (Wildman–Crippen MR) is 43.8 cm³/mol. The molecule has 0 aromatic rings. The van der Waals surface area contributed by atoms with Crippen LogP contribution in [0.1, 0.15) is 26.7 Å². The van der Waals surface area contributed by atoms with Crippen LogP contribution >= 0.6 is 0 Å². The molecule has 4 nitrogen and oxygen atoms in total. The van der Waals surface area contributed by atoms with Crippen LogP contribution in [0.4, 0.5) is 0 Å². The number of ether oxygens (including phenoxy) is 2. The van der Waals surface area contributed by atoms with Crippen LogP contribution in [0.25, 0.3) is 0 Å². The molecule has 2 fully saturated rings. The number of hydrogen-bond donors (Lipinski definition) is 1. The maximum absolute atomic E-state index is 11.0. The van der Waals surface area contributed by atoms with Crippen molar-refractivity contribution >= 4 is 5.97 Å². The van der Waals surface area contributed by atoms with Crippen molar-refractivity contribution < 1.29 is 19.4 Å². The summed E-state index contributed by atoms with van der Waals surface area (Å²) in [6.07, 6.45) is 0.212. The highest BCUT2D eigenvalue weighted by molar-refractivity contribution is 5.72. The summed E-state index contributed by atoms with van der Waals surface area (Å²) in [6, 6.07) is 0. The molecule has 2 saturated heterocycles. The molecule has 4 atom stereocenters. The number of rotatable bonds is 0. The molecule has 0 spiro atoms. The highest BCUT2D eigenvalue weighted by atomic mass is 16.7. The molecule has 2 rings (SSSR count). The number of esters is 1. The first-order valence-electron chi connectivity index (χ1n) is 4.59. The SMILES string of the molecule is CC1OC2(C)OC(=O)CC2CC1O. The second-order valence-electron chi connectivity index (χ2n) is 4.02. The van der Waals surface area contributed by atoms with Gasteiger partial charge in [0.1, 0.15) is 0 Å². The lowest BCUT2D eigenvalue weighted by molar-refractivity contribution is -0.275. The van der Waals surface area contributed by atoms with Crippen LogP contribution in [0, 0.1) is 5.92 Å². The van der Waals surface area contributed by atoms with E-state index in [4.69, 9.17) is 9.47 Å². The van der Waals surface area contributed by atoms with Crippen LogP contribution in [0.15, 0.2) is 0 Å². The minimum Gasteiger partial charge on any atom is -0.433 e. The molecule has 2 aliphatic rings. The number of fused-ring (bicyclic) bond motifs is 1. The van der Waals surface area contributed by atoms with Gasteiger partial charge in [-0.15, -0.1) is 0 Å². The fourth-order valence-electron chi connectivity index (χ4n) is 2.09. The first-order chi connectivity index (χ1) is 6.01. The zero-order valence-corrected chi connectivity index (χ0v) is 7.82. The number of hydrogen-bond acceptors (Lipinski definition) is 4. The third-order valence-electron chi connectivity index (χ3n) is 2.96. The summed E-state index contributed by atoms with van der Waals surface area (Å²) < 4.78 is 10.6. The fraction of sp³-hybridized carbons (Fsp3) is 0.889. The molecule has 74 valence electrons. The average molecular weight is 186 g/mol. The van der Waals surface area contributed by atoms with E-state index in [9.17, 15) is 9.90 Å². The van der Waals surface area contributed by atoms with E-state index in [1.165, 1.54) is 0 Å². The summed E-state index contributed by atoms with van der Waals surface area (Å²) in [6.45, 7) is 3.56. The van der Waals surface area contributed by atoms with Gasteiger partial charge in [-0.05, 0) is 13.3 Å². The van der Waals surface area contributed by atoms with Gasteiger partial charge in [0, 0.05) is 12.8 Å². The van der Waals surface area contributed by atoms with E-state index < -0.39 is 11.9 Å². The van der Waals surface area contributed by atoms with Gasteiger partial charge in [-0.25, -0.2) is 0 Å². The molecule has 0 aromatic carbocycles. The van der Waals surface area contributed by atoms with Crippen molar-refractivity contribution in [1.29, 1.82) is 0 Å². The highest BCUT2D eigenvalue weighted by Crippen LogP contribution is 2.42. The van der Waals surface area contributed by atoms with Gasteiger partial charge in [-0.2, -0.15) is 0 Å². The van der Waals surface area contributed by atoms with Gasteiger partial charge in [0.15, 0.2) is 0 Å². The molecule has 2 aliphatic heterocycles. The normalized spacial score (nSPS) is 50.1. The molecule has 4 unspecified atom stereocenters. The third kappa shape index (κ3) is 1.34. The minimum atomic E-state index is -0.796. The van der Waals surface area contributed by atoms with Gasteiger partial charge in [0.05, 0.1) is 18.6 Å². The molecule has 0 aliphatic carbocycles. The van der Waals surface area contributed by atoms with Gasteiger partial charge in [-0.1, -0.05) is 0 Å². The Morgan fingerprint density at radius 1 is 1.62 bits per heavy atom. The van der Waals surface area contributed by atoms with Crippen LogP contribution < -0.4 is 0 Å². The van der Waals surface area contributed by atoms with Gasteiger partial charge in [0.2, 0.25) is 5.79 Å². The van der Waals surface area contributed by atoms with Crippen molar-refractivity contribution in [1.82, 2.24) is 0 Å². The Hall–Kier alpha value is -0.610. The summed E-state index contributed by atoms with van der Waals surface area (Å²) in [5.74, 6) is -1.02. The second-order valence-corrected chi connectivity index (χ2v) is 4.02. The molecule has 4 heteroatoms. The zero-order valence-electron chi connectivity index (χ0n) is 7.82. The minimum absolute atomic E-state index is 0.00574. The molecule has 0 aromatic heterocycles. The van der Waals surface area contributed by atoms with Crippen molar-refractivity contribution in [2.75, 3.05) is 0 Å². The van der Waals surface area contributed by atoms with E-state index in [1.54, 1.807) is 13.8 Å². The molecular weight excluding hydrogens is 172 g/mol. The molecule has 1 N–H and O–H groups in total. The van der Waals surface area contributed by atoms with E-state index in [1.807, 2.05) is 0 Å². The Morgan fingerprint density at radius 2 is 2.31 bits per heavy atom. The Morgan fingerprint density at radius 3 is 3.00 bits per heavy atom. The van der Waals surface area contributed by atoms with Crippen LogP contribution in [0.3, 0.4) is 0 Å². The van der Waals surface area contributed by atoms with Crippen molar-refractivity contribution in [3.63, 3.8) is 0 Å². The smallest absolute Gasteiger partial charge is 0.308 e. The standard InChI is InChI=1S/C9H14O4/c1-5-7(10)3-6-4-8(11)13-9(6,2)12-5/h5-7,10H,3-4H2,1-2H3. The quantitative estimate of drug-likeness (QED) is 0.557. The van der Waals surface area contributed by atoms with Gasteiger partial charge < -0.3 is 14.6 Å². The van der Waals surface area contributed by atoms with E-state index in [0.29, 0.717) is 12.8 Å². The predicted octanol–water partition coefficient (Wildman–Crippen LogP) is 0.435. The van der Waals surface area contributed by atoms with Gasteiger partial charge in [0.25, 0.3) is 0 Å². The maximum atomic E-state index is 11.0. The number of carbonyl (C=O) groups excluding carboxylic acids is 1. The van der Waals surface area contributed by atoms with E-state index >= 15 is 0 Å². The van der Waals surface area contributed by atoms with E-state index in [-0.39, 0.29) is 18.0 Å². The zero-order chi connectivity index (χ0) is 9.64. The van der Waals surface area contributed by atoms with E-state index in [2.05, 4.69) is 0 Å². The topological polar surface area (TPSA) is 55.8 Å². The van der Waals surface area contributed by atoms with Crippen molar-refractivity contribution in [2.24, 2.45) is 5.92 Å². The van der Waals surface area contributed by atoms with Crippen LogP contribution in [0.2, 0.25) is 0 Å². The molecular formula is C9H14O4. The number of aliphatic hydroxyl groups excluding tert-OH is 1. The summed E-state index contributed by atoms with van der Waals surface area (Å²) in [7, 11) is 0. The maximum Gasteiger partial charge on any atom is 0.308 e. The lowest BCUT2D eigenvalue weighted by atomic mass is 9.88. The van der Waals surface area contributed by atoms with Gasteiger partial charge in [-0.3, -0.25) is 4.79 Å². The summed E-state index contributed by atoms with van der Waals surface area (Å²) in [5.41, 5.74) is 0. The Balaban J connectivity index is 2.18. The van der Waals surface area contributed by atoms with Crippen molar-refractivity contribution in [3.05, 3.63) is 0 Å². The largest absolute Gasteiger partial charge is 0.433 e. The fourth-order valence-corrected chi connectivity index (χ4v) is 2.09. The Kier molecular flexibility index (Phi) is 1.85. The summed E-state index contributed by atoms with van der Waals surface area (Å²) in [5, 5.41) is 9.53. The molecule has 0 saturated carbocycles. The Labute approximate surface area is 76.8 Å². The van der Waals surface area contributed by atoms with E-state index in [0.717, 1.165) is 0 Å². The number of aliphatic hydroxyl groups is 1.